The molecule has 0 heterocycles. The first-order valence-corrected chi connectivity index (χ1v) is 11.8. The smallest absolute Gasteiger partial charge is 0.325 e. The van der Waals surface area contributed by atoms with Crippen molar-refractivity contribution in [2.24, 2.45) is 0 Å². The molecule has 0 unspecified atom stereocenters. The lowest BCUT2D eigenvalue weighted by atomic mass is 10.1. The third-order valence-electron chi connectivity index (χ3n) is 4.22. The zero-order valence-electron chi connectivity index (χ0n) is 19.1. The summed E-state index contributed by atoms with van der Waals surface area (Å²) in [4.78, 5) is 35.9. The molecule has 0 aliphatic carbocycles. The fourth-order valence-electron chi connectivity index (χ4n) is 2.82. The van der Waals surface area contributed by atoms with Crippen molar-refractivity contribution in [2.45, 2.75) is 39.7 Å². The third-order valence-corrected chi connectivity index (χ3v) is 5.40. The molecule has 0 saturated heterocycles. The molecule has 33 heavy (non-hydrogen) atoms. The molecule has 8 nitrogen and oxygen atoms in total. The first-order chi connectivity index (χ1) is 15.4. The monoisotopic (exact) mass is 583 g/mol. The van der Waals surface area contributed by atoms with Gasteiger partial charge in [0, 0.05) is 18.4 Å². The van der Waals surface area contributed by atoms with Gasteiger partial charge in [-0.05, 0) is 94.9 Å². The zero-order valence-corrected chi connectivity index (χ0v) is 22.3. The normalized spacial score (nSPS) is 10.9. The van der Waals surface area contributed by atoms with E-state index in [1.807, 2.05) is 25.2 Å². The quantitative estimate of drug-likeness (QED) is 0.312. The molecule has 2 rings (SSSR count). The molecule has 0 spiro atoms. The van der Waals surface area contributed by atoms with Crippen molar-refractivity contribution in [3.8, 4) is 11.5 Å². The maximum absolute atomic E-state index is 12.2. The van der Waals surface area contributed by atoms with Gasteiger partial charge in [0.25, 0.3) is 0 Å². The Labute approximate surface area is 210 Å². The van der Waals surface area contributed by atoms with Crippen molar-refractivity contribution in [2.75, 3.05) is 24.2 Å². The predicted octanol–water partition coefficient (Wildman–Crippen LogP) is 5.00. The van der Waals surface area contributed by atoms with E-state index in [0.29, 0.717) is 26.1 Å². The minimum absolute atomic E-state index is 0.360. The fraction of sp³-hybridized carbons (Fsp3) is 0.348. The number of anilines is 2. The molecule has 0 bridgehead atoms. The van der Waals surface area contributed by atoms with Crippen LogP contribution in [0.5, 0.6) is 11.5 Å². The van der Waals surface area contributed by atoms with Gasteiger partial charge >= 0.3 is 17.8 Å². The van der Waals surface area contributed by atoms with E-state index in [-0.39, 0.29) is 0 Å². The summed E-state index contributed by atoms with van der Waals surface area (Å²) in [6.07, 6.45) is 0.844. The summed E-state index contributed by atoms with van der Waals surface area (Å²) in [5.74, 6) is -1.33. The Balaban J connectivity index is 2.05. The highest BCUT2D eigenvalue weighted by Gasteiger charge is 2.20. The van der Waals surface area contributed by atoms with Crippen molar-refractivity contribution in [1.29, 1.82) is 0 Å². The number of halogens is 2. The van der Waals surface area contributed by atoms with Gasteiger partial charge < -0.3 is 25.4 Å². The van der Waals surface area contributed by atoms with Crippen molar-refractivity contribution < 1.29 is 23.9 Å². The van der Waals surface area contributed by atoms with Crippen LogP contribution in [0.4, 0.5) is 11.4 Å². The second kappa shape index (κ2) is 11.5. The highest BCUT2D eigenvalue weighted by atomic mass is 79.9. The molecule has 2 aromatic carbocycles. The molecule has 0 radical (unpaired) electrons. The minimum atomic E-state index is -0.954. The molecule has 0 aromatic heterocycles. The lowest BCUT2D eigenvalue weighted by Crippen LogP contribution is -2.40. The van der Waals surface area contributed by atoms with Crippen molar-refractivity contribution in [3.63, 3.8) is 0 Å². The Morgan fingerprint density at radius 3 is 2.18 bits per heavy atom. The Morgan fingerprint density at radius 2 is 1.64 bits per heavy atom. The number of amides is 2. The van der Waals surface area contributed by atoms with E-state index in [4.69, 9.17) is 9.47 Å². The van der Waals surface area contributed by atoms with Crippen LogP contribution in [0, 0.1) is 0 Å². The Kier molecular flexibility index (Phi) is 9.30. The Hall–Kier alpha value is -2.59. The number of rotatable bonds is 7. The van der Waals surface area contributed by atoms with Gasteiger partial charge in [-0.2, -0.15) is 0 Å². The van der Waals surface area contributed by atoms with Crippen LogP contribution in [0.15, 0.2) is 39.3 Å². The summed E-state index contributed by atoms with van der Waals surface area (Å²) in [5.41, 5.74) is 1.83. The van der Waals surface area contributed by atoms with E-state index in [1.54, 1.807) is 32.9 Å². The molecule has 0 aliphatic heterocycles. The van der Waals surface area contributed by atoms with E-state index >= 15 is 0 Å². The standard InChI is InChI=1S/C23H27Br2N3O5/c1-6-13-9-15(7-8-18(13)26-5)32-20-16(24)10-14(11-17(20)25)28-22(31)21(30)27-12-19(29)33-23(2,3)4/h7-11,26H,6,12H2,1-5H3,(H,27,30)(H,28,31). The predicted molar refractivity (Wildman–Crippen MR) is 135 cm³/mol. The number of ether oxygens (including phenoxy) is 2. The van der Waals surface area contributed by atoms with Gasteiger partial charge in [0.15, 0.2) is 5.75 Å². The van der Waals surface area contributed by atoms with Crippen molar-refractivity contribution >= 4 is 61.0 Å². The maximum atomic E-state index is 12.2. The first kappa shape index (κ1) is 26.7. The average molecular weight is 585 g/mol. The molecule has 178 valence electrons. The summed E-state index contributed by atoms with van der Waals surface area (Å²) >= 11 is 6.89. The van der Waals surface area contributed by atoms with Crippen LogP contribution in [-0.4, -0.2) is 37.0 Å². The molecule has 3 N–H and O–H groups in total. The van der Waals surface area contributed by atoms with Crippen LogP contribution in [0.25, 0.3) is 0 Å². The van der Waals surface area contributed by atoms with Gasteiger partial charge in [-0.1, -0.05) is 6.92 Å². The highest BCUT2D eigenvalue weighted by molar-refractivity contribution is 9.11. The van der Waals surface area contributed by atoms with Gasteiger partial charge in [0.1, 0.15) is 17.9 Å². The second-order valence-corrected chi connectivity index (χ2v) is 9.73. The largest absolute Gasteiger partial charge is 0.459 e. The molecule has 0 fully saturated rings. The van der Waals surface area contributed by atoms with Crippen molar-refractivity contribution in [3.05, 3.63) is 44.8 Å². The third kappa shape index (κ3) is 8.04. The first-order valence-electron chi connectivity index (χ1n) is 10.2. The van der Waals surface area contributed by atoms with Gasteiger partial charge in [0.05, 0.1) is 8.95 Å². The SMILES string of the molecule is CCc1cc(Oc2c(Br)cc(NC(=O)C(=O)NCC(=O)OC(C)(C)C)cc2Br)ccc1NC. The topological polar surface area (TPSA) is 106 Å². The van der Waals surface area contributed by atoms with Crippen molar-refractivity contribution in [1.82, 2.24) is 5.32 Å². The number of carbonyl (C=O) groups excluding carboxylic acids is 3. The number of esters is 1. The molecular formula is C23H27Br2N3O5. The van der Waals surface area contributed by atoms with Crippen LogP contribution in [0.1, 0.15) is 33.3 Å². The van der Waals surface area contributed by atoms with Crippen LogP contribution >= 0.6 is 31.9 Å². The van der Waals surface area contributed by atoms with Gasteiger partial charge in [-0.3, -0.25) is 14.4 Å². The van der Waals surface area contributed by atoms with E-state index < -0.39 is 29.9 Å². The Morgan fingerprint density at radius 1 is 1.00 bits per heavy atom. The molecule has 0 saturated carbocycles. The van der Waals surface area contributed by atoms with Gasteiger partial charge in [-0.15, -0.1) is 0 Å². The molecule has 0 aliphatic rings. The number of carbonyl (C=O) groups is 3. The lowest BCUT2D eigenvalue weighted by molar-refractivity contribution is -0.154. The number of nitrogens with one attached hydrogen (secondary N) is 3. The fourth-order valence-corrected chi connectivity index (χ4v) is 4.16. The van der Waals surface area contributed by atoms with Gasteiger partial charge in [0.2, 0.25) is 0 Å². The summed E-state index contributed by atoms with van der Waals surface area (Å²) in [7, 11) is 1.87. The lowest BCUT2D eigenvalue weighted by Gasteiger charge is -2.19. The Bertz CT molecular complexity index is 1030. The van der Waals surface area contributed by atoms with Crippen LogP contribution in [0.2, 0.25) is 0 Å². The average Bonchev–Trinajstić information content (AvgIpc) is 2.73. The number of hydrogen-bond acceptors (Lipinski definition) is 6. The summed E-state index contributed by atoms with van der Waals surface area (Å²) in [6.45, 7) is 6.79. The van der Waals surface area contributed by atoms with E-state index in [2.05, 4.69) is 54.7 Å². The van der Waals surface area contributed by atoms with E-state index in [0.717, 1.165) is 17.7 Å². The molecular weight excluding hydrogens is 558 g/mol. The van der Waals surface area contributed by atoms with E-state index in [1.165, 1.54) is 0 Å². The highest BCUT2D eigenvalue weighted by Crippen LogP contribution is 2.39. The summed E-state index contributed by atoms with van der Waals surface area (Å²) in [5, 5.41) is 7.88. The van der Waals surface area contributed by atoms with Crippen LogP contribution in [-0.2, 0) is 25.5 Å². The second-order valence-electron chi connectivity index (χ2n) is 8.02. The number of hydrogen-bond donors (Lipinski definition) is 3. The summed E-state index contributed by atoms with van der Waals surface area (Å²) < 4.78 is 12.3. The molecule has 0 atom stereocenters. The van der Waals surface area contributed by atoms with E-state index in [9.17, 15) is 14.4 Å². The minimum Gasteiger partial charge on any atom is -0.459 e. The zero-order chi connectivity index (χ0) is 24.8. The number of aryl methyl sites for hydroxylation is 1. The molecule has 2 aromatic rings. The van der Waals surface area contributed by atoms with Crippen LogP contribution in [0.3, 0.4) is 0 Å². The maximum Gasteiger partial charge on any atom is 0.325 e. The summed E-state index contributed by atoms with van der Waals surface area (Å²) in [6, 6.07) is 8.98. The number of benzene rings is 2. The molecule has 2 amide bonds. The van der Waals surface area contributed by atoms with Crippen LogP contribution < -0.4 is 20.7 Å². The molecule has 10 heteroatoms. The van der Waals surface area contributed by atoms with Gasteiger partial charge in [-0.25, -0.2) is 0 Å².